The van der Waals surface area contributed by atoms with Crippen molar-refractivity contribution in [1.29, 1.82) is 0 Å². The van der Waals surface area contributed by atoms with Crippen molar-refractivity contribution in [3.8, 4) is 6.57 Å². The van der Waals surface area contributed by atoms with Gasteiger partial charge < -0.3 is 9.47 Å². The largest absolute Gasteiger partial charge is 0.508 e. The van der Waals surface area contributed by atoms with E-state index in [9.17, 15) is 4.79 Å². The zero-order chi connectivity index (χ0) is 8.91. The first kappa shape index (κ1) is 9.76. The third-order valence-electron chi connectivity index (χ3n) is 0.998. The summed E-state index contributed by atoms with van der Waals surface area (Å²) in [7, 11) is 1.25. The lowest BCUT2D eigenvalue weighted by molar-refractivity contribution is 0.00197. The number of rotatable bonds is 2. The van der Waals surface area contributed by atoms with Crippen molar-refractivity contribution in [3.63, 3.8) is 0 Å². The van der Waals surface area contributed by atoms with Gasteiger partial charge in [-0.2, -0.15) is 0 Å². The highest BCUT2D eigenvalue weighted by molar-refractivity contribution is 5.60. The SMILES string of the molecule is C#[N+]CC(C)(C)OC(=O)OC. The summed E-state index contributed by atoms with van der Waals surface area (Å²) in [6.07, 6.45) is -0.723. The van der Waals surface area contributed by atoms with Crippen LogP contribution >= 0.6 is 0 Å². The van der Waals surface area contributed by atoms with Crippen LogP contribution in [-0.2, 0) is 9.47 Å². The van der Waals surface area contributed by atoms with Gasteiger partial charge in [-0.3, -0.25) is 0 Å². The Hall–Kier alpha value is -1.24. The van der Waals surface area contributed by atoms with Crippen LogP contribution in [0, 0.1) is 6.57 Å². The second kappa shape index (κ2) is 3.81. The normalized spacial score (nSPS) is 10.0. The van der Waals surface area contributed by atoms with E-state index in [4.69, 9.17) is 11.3 Å². The van der Waals surface area contributed by atoms with E-state index in [0.29, 0.717) is 0 Å². The summed E-state index contributed by atoms with van der Waals surface area (Å²) in [5.41, 5.74) is -0.693. The van der Waals surface area contributed by atoms with Crippen LogP contribution in [0.5, 0.6) is 0 Å². The van der Waals surface area contributed by atoms with Gasteiger partial charge in [-0.15, -0.1) is 0 Å². The number of carbonyl (C=O) groups excluding carboxylic acids is 1. The van der Waals surface area contributed by atoms with Gasteiger partial charge in [0.25, 0.3) is 6.57 Å². The van der Waals surface area contributed by atoms with Crippen molar-refractivity contribution in [2.24, 2.45) is 0 Å². The third-order valence-corrected chi connectivity index (χ3v) is 0.998. The summed E-state index contributed by atoms with van der Waals surface area (Å²) >= 11 is 0. The molecule has 0 saturated carbocycles. The quantitative estimate of drug-likeness (QED) is 0.572. The Labute approximate surface area is 65.9 Å². The van der Waals surface area contributed by atoms with E-state index >= 15 is 0 Å². The summed E-state index contributed by atoms with van der Waals surface area (Å²) in [5.74, 6) is 0. The fraction of sp³-hybridized carbons (Fsp3) is 0.714. The average molecular weight is 158 g/mol. The molecule has 0 fully saturated rings. The Morgan fingerprint density at radius 3 is 2.55 bits per heavy atom. The summed E-state index contributed by atoms with van der Waals surface area (Å²) < 4.78 is 9.08. The van der Waals surface area contributed by atoms with Gasteiger partial charge >= 0.3 is 12.7 Å². The van der Waals surface area contributed by atoms with Crippen LogP contribution in [0.2, 0.25) is 0 Å². The summed E-state index contributed by atoms with van der Waals surface area (Å²) in [4.78, 5) is 13.9. The van der Waals surface area contributed by atoms with Gasteiger partial charge in [0.15, 0.2) is 5.60 Å². The molecule has 0 aromatic rings. The molecular formula is C7H12NO3+. The van der Waals surface area contributed by atoms with Gasteiger partial charge in [-0.05, 0) is 13.8 Å². The van der Waals surface area contributed by atoms with Crippen molar-refractivity contribution < 1.29 is 14.3 Å². The maximum atomic E-state index is 10.6. The second-order valence-corrected chi connectivity index (χ2v) is 2.66. The predicted octanol–water partition coefficient (Wildman–Crippen LogP) is 1.51. The smallest absolute Gasteiger partial charge is 0.438 e. The van der Waals surface area contributed by atoms with Crippen molar-refractivity contribution >= 4 is 6.16 Å². The lowest BCUT2D eigenvalue weighted by atomic mass is 10.1. The maximum absolute atomic E-state index is 10.6. The molecule has 0 rings (SSSR count). The van der Waals surface area contributed by atoms with Crippen LogP contribution < -0.4 is 0 Å². The average Bonchev–Trinajstić information content (AvgIpc) is 1.86. The molecule has 62 valence electrons. The molecule has 0 aromatic heterocycles. The fourth-order valence-electron chi connectivity index (χ4n) is 0.519. The molecule has 0 N–H and O–H groups in total. The van der Waals surface area contributed by atoms with E-state index in [2.05, 4.69) is 9.58 Å². The lowest BCUT2D eigenvalue weighted by Crippen LogP contribution is -2.30. The number of hydrogen-bond donors (Lipinski definition) is 0. The molecule has 0 amide bonds. The lowest BCUT2D eigenvalue weighted by Gasteiger charge is -2.16. The Morgan fingerprint density at radius 2 is 2.18 bits per heavy atom. The highest BCUT2D eigenvalue weighted by atomic mass is 16.7. The Kier molecular flexibility index (Phi) is 3.38. The van der Waals surface area contributed by atoms with Gasteiger partial charge in [0.2, 0.25) is 0 Å². The molecule has 0 radical (unpaired) electrons. The van der Waals surface area contributed by atoms with Crippen molar-refractivity contribution in [2.45, 2.75) is 19.4 Å². The summed E-state index contributed by atoms with van der Waals surface area (Å²) in [5, 5.41) is 0. The van der Waals surface area contributed by atoms with Gasteiger partial charge in [-0.25, -0.2) is 4.79 Å². The number of ether oxygens (including phenoxy) is 2. The highest BCUT2D eigenvalue weighted by Gasteiger charge is 2.28. The molecule has 0 aliphatic rings. The molecule has 0 atom stereocenters. The first-order valence-corrected chi connectivity index (χ1v) is 3.15. The zero-order valence-electron chi connectivity index (χ0n) is 6.96. The van der Waals surface area contributed by atoms with E-state index in [1.54, 1.807) is 13.8 Å². The Morgan fingerprint density at radius 1 is 1.64 bits per heavy atom. The summed E-state index contributed by atoms with van der Waals surface area (Å²) in [6, 6.07) is 0. The van der Waals surface area contributed by atoms with Gasteiger partial charge in [-0.1, -0.05) is 4.85 Å². The van der Waals surface area contributed by atoms with E-state index in [1.807, 2.05) is 0 Å². The molecule has 0 heterocycles. The molecule has 0 saturated heterocycles. The third kappa shape index (κ3) is 4.20. The topological polar surface area (TPSA) is 39.9 Å². The van der Waals surface area contributed by atoms with Crippen molar-refractivity contribution in [3.05, 3.63) is 4.85 Å². The standard InChI is InChI=1S/C7H12NO3/c1-7(2,5-8-3)11-6(9)10-4/h3H,5H2,1-2,4H3/q+1. The van der Waals surface area contributed by atoms with Gasteiger partial charge in [0.1, 0.15) is 0 Å². The minimum absolute atomic E-state index is 0.252. The molecule has 11 heavy (non-hydrogen) atoms. The number of carbonyl (C=O) groups is 1. The molecule has 4 heteroatoms. The number of methoxy groups -OCH3 is 1. The monoisotopic (exact) mass is 158 g/mol. The van der Waals surface area contributed by atoms with E-state index in [1.165, 1.54) is 7.11 Å². The number of hydrogen-bond acceptors (Lipinski definition) is 3. The minimum atomic E-state index is -0.723. The molecular weight excluding hydrogens is 146 g/mol. The predicted molar refractivity (Wildman–Crippen MR) is 40.7 cm³/mol. The molecule has 0 aromatic carbocycles. The van der Waals surface area contributed by atoms with Crippen LogP contribution in [-0.4, -0.2) is 25.4 Å². The van der Waals surface area contributed by atoms with E-state index in [0.717, 1.165) is 0 Å². The van der Waals surface area contributed by atoms with Crippen molar-refractivity contribution in [2.75, 3.05) is 13.7 Å². The van der Waals surface area contributed by atoms with E-state index < -0.39 is 11.8 Å². The fourth-order valence-corrected chi connectivity index (χ4v) is 0.519. The van der Waals surface area contributed by atoms with Crippen molar-refractivity contribution in [1.82, 2.24) is 0 Å². The molecule has 0 aliphatic carbocycles. The molecule has 0 aliphatic heterocycles. The highest BCUT2D eigenvalue weighted by Crippen LogP contribution is 2.10. The minimum Gasteiger partial charge on any atom is -0.438 e. The van der Waals surface area contributed by atoms with Crippen LogP contribution in [0.3, 0.4) is 0 Å². The number of nitrogens with zero attached hydrogens (tertiary/aromatic N) is 1. The van der Waals surface area contributed by atoms with E-state index in [-0.39, 0.29) is 6.54 Å². The molecule has 0 spiro atoms. The van der Waals surface area contributed by atoms with Gasteiger partial charge in [0.05, 0.1) is 7.11 Å². The first-order valence-electron chi connectivity index (χ1n) is 3.15. The maximum Gasteiger partial charge on any atom is 0.508 e. The Balaban J connectivity index is 3.92. The van der Waals surface area contributed by atoms with Crippen LogP contribution in [0.1, 0.15) is 13.8 Å². The second-order valence-electron chi connectivity index (χ2n) is 2.66. The molecule has 0 bridgehead atoms. The van der Waals surface area contributed by atoms with Gasteiger partial charge in [0, 0.05) is 0 Å². The molecule has 4 nitrogen and oxygen atoms in total. The van der Waals surface area contributed by atoms with Crippen LogP contribution in [0.4, 0.5) is 4.79 Å². The van der Waals surface area contributed by atoms with Crippen LogP contribution in [0.15, 0.2) is 0 Å². The Bertz CT molecular complexity index is 181. The summed E-state index contributed by atoms with van der Waals surface area (Å²) in [6.45, 7) is 8.57. The zero-order valence-corrected chi connectivity index (χ0v) is 6.96. The van der Waals surface area contributed by atoms with Crippen LogP contribution in [0.25, 0.3) is 4.85 Å². The first-order chi connectivity index (χ1) is 5.02. The molecule has 0 unspecified atom stereocenters.